The van der Waals surface area contributed by atoms with Gasteiger partial charge in [-0.25, -0.2) is 0 Å². The van der Waals surface area contributed by atoms with Crippen molar-refractivity contribution in [2.45, 2.75) is 19.4 Å². The second-order valence-electron chi connectivity index (χ2n) is 3.83. The van der Waals surface area contributed by atoms with Gasteiger partial charge in [0.25, 0.3) is 0 Å². The summed E-state index contributed by atoms with van der Waals surface area (Å²) in [5.41, 5.74) is 1.06. The van der Waals surface area contributed by atoms with Gasteiger partial charge >= 0.3 is 0 Å². The van der Waals surface area contributed by atoms with Crippen LogP contribution in [0.2, 0.25) is 0 Å². The first-order valence-electron chi connectivity index (χ1n) is 5.31. The highest BCUT2D eigenvalue weighted by molar-refractivity contribution is 14.0. The topological polar surface area (TPSA) is 65.1 Å². The molecule has 16 heavy (non-hydrogen) atoms. The molecule has 3 N–H and O–H groups in total. The van der Waals surface area contributed by atoms with E-state index in [1.165, 1.54) is 12.8 Å². The Morgan fingerprint density at radius 2 is 2.38 bits per heavy atom. The van der Waals surface area contributed by atoms with Crippen molar-refractivity contribution in [3.8, 4) is 0 Å². The van der Waals surface area contributed by atoms with Crippen LogP contribution < -0.4 is 10.6 Å². The van der Waals surface area contributed by atoms with E-state index >= 15 is 0 Å². The Hall–Kier alpha value is -0.790. The molecule has 1 heterocycles. The molecular formula is C10H18IN5. The molecule has 0 amide bonds. The average Bonchev–Trinajstić information content (AvgIpc) is 2.94. The van der Waals surface area contributed by atoms with Crippen molar-refractivity contribution < 1.29 is 0 Å². The van der Waals surface area contributed by atoms with E-state index in [4.69, 9.17) is 0 Å². The van der Waals surface area contributed by atoms with E-state index < -0.39 is 0 Å². The lowest BCUT2D eigenvalue weighted by Gasteiger charge is -2.10. The minimum absolute atomic E-state index is 0. The summed E-state index contributed by atoms with van der Waals surface area (Å²) in [7, 11) is 1.79. The fourth-order valence-electron chi connectivity index (χ4n) is 1.35. The molecule has 0 atom stereocenters. The molecule has 0 bridgehead atoms. The smallest absolute Gasteiger partial charge is 0.191 e. The lowest BCUT2D eigenvalue weighted by molar-refractivity contribution is 0.732. The highest BCUT2D eigenvalue weighted by atomic mass is 127. The normalized spacial score (nSPS) is 15.4. The minimum atomic E-state index is 0. The largest absolute Gasteiger partial charge is 0.356 e. The summed E-state index contributed by atoms with van der Waals surface area (Å²) >= 11 is 0. The molecule has 0 radical (unpaired) electrons. The van der Waals surface area contributed by atoms with Gasteiger partial charge in [0.2, 0.25) is 0 Å². The summed E-state index contributed by atoms with van der Waals surface area (Å²) in [6.07, 6.45) is 4.45. The van der Waals surface area contributed by atoms with Crippen molar-refractivity contribution in [3.05, 3.63) is 18.0 Å². The van der Waals surface area contributed by atoms with E-state index in [1.54, 1.807) is 13.2 Å². The molecule has 5 nitrogen and oxygen atoms in total. The fraction of sp³-hybridized carbons (Fsp3) is 0.600. The molecule has 90 valence electrons. The Morgan fingerprint density at radius 1 is 1.56 bits per heavy atom. The van der Waals surface area contributed by atoms with Gasteiger partial charge in [0, 0.05) is 19.8 Å². The number of aromatic amines is 1. The molecule has 0 unspecified atom stereocenters. The molecular weight excluding hydrogens is 317 g/mol. The summed E-state index contributed by atoms with van der Waals surface area (Å²) in [6.45, 7) is 1.76. The van der Waals surface area contributed by atoms with E-state index in [2.05, 4.69) is 25.8 Å². The van der Waals surface area contributed by atoms with Crippen LogP contribution in [-0.4, -0.2) is 29.7 Å². The van der Waals surface area contributed by atoms with Crippen molar-refractivity contribution in [2.75, 3.05) is 13.6 Å². The first kappa shape index (κ1) is 13.3. The maximum Gasteiger partial charge on any atom is 0.191 e. The second-order valence-corrected chi connectivity index (χ2v) is 3.83. The van der Waals surface area contributed by atoms with E-state index in [-0.39, 0.29) is 24.0 Å². The summed E-state index contributed by atoms with van der Waals surface area (Å²) in [6, 6.07) is 1.95. The van der Waals surface area contributed by atoms with Gasteiger partial charge in [-0.05, 0) is 24.8 Å². The maximum absolute atomic E-state index is 4.15. The zero-order valence-corrected chi connectivity index (χ0v) is 11.7. The van der Waals surface area contributed by atoms with Crippen molar-refractivity contribution in [1.29, 1.82) is 0 Å². The van der Waals surface area contributed by atoms with Gasteiger partial charge < -0.3 is 10.6 Å². The molecule has 0 aromatic carbocycles. The fourth-order valence-corrected chi connectivity index (χ4v) is 1.35. The molecule has 6 heteroatoms. The number of nitrogens with zero attached hydrogens (tertiary/aromatic N) is 2. The number of aliphatic imine (C=N–C) groups is 1. The number of hydrogen-bond acceptors (Lipinski definition) is 2. The van der Waals surface area contributed by atoms with Gasteiger partial charge in [-0.1, -0.05) is 0 Å². The number of guanidine groups is 1. The molecule has 0 spiro atoms. The molecule has 1 aliphatic rings. The van der Waals surface area contributed by atoms with Crippen molar-refractivity contribution in [2.24, 2.45) is 10.9 Å². The third-order valence-corrected chi connectivity index (χ3v) is 2.48. The molecule has 2 rings (SSSR count). The lowest BCUT2D eigenvalue weighted by Crippen LogP contribution is -2.37. The Balaban J connectivity index is 0.00000128. The van der Waals surface area contributed by atoms with Crippen LogP contribution in [0.4, 0.5) is 0 Å². The van der Waals surface area contributed by atoms with Gasteiger partial charge in [0.1, 0.15) is 0 Å². The molecule has 0 saturated heterocycles. The molecule has 1 aromatic rings. The number of aromatic nitrogens is 2. The maximum atomic E-state index is 4.15. The zero-order chi connectivity index (χ0) is 10.5. The van der Waals surface area contributed by atoms with E-state index in [9.17, 15) is 0 Å². The van der Waals surface area contributed by atoms with Crippen LogP contribution in [0.1, 0.15) is 18.5 Å². The van der Waals surface area contributed by atoms with Gasteiger partial charge in [-0.2, -0.15) is 5.10 Å². The lowest BCUT2D eigenvalue weighted by atomic mass is 10.4. The molecule has 1 fully saturated rings. The van der Waals surface area contributed by atoms with E-state index in [1.807, 2.05) is 6.07 Å². The van der Waals surface area contributed by atoms with Crippen molar-refractivity contribution in [3.63, 3.8) is 0 Å². The zero-order valence-electron chi connectivity index (χ0n) is 9.36. The highest BCUT2D eigenvalue weighted by Gasteiger charge is 2.20. The van der Waals surface area contributed by atoms with Crippen LogP contribution >= 0.6 is 24.0 Å². The van der Waals surface area contributed by atoms with Crippen LogP contribution in [0.15, 0.2) is 17.3 Å². The third kappa shape index (κ3) is 4.38. The Bertz CT molecular complexity index is 318. The highest BCUT2D eigenvalue weighted by Crippen LogP contribution is 2.27. The predicted molar refractivity (Wildman–Crippen MR) is 74.9 cm³/mol. The van der Waals surface area contributed by atoms with Crippen LogP contribution in [0.25, 0.3) is 0 Å². The summed E-state index contributed by atoms with van der Waals surface area (Å²) in [5, 5.41) is 13.3. The summed E-state index contributed by atoms with van der Waals surface area (Å²) < 4.78 is 0. The van der Waals surface area contributed by atoms with Gasteiger partial charge in [-0.15, -0.1) is 24.0 Å². The van der Waals surface area contributed by atoms with Gasteiger partial charge in [-0.3, -0.25) is 10.1 Å². The molecule has 1 saturated carbocycles. The molecule has 1 aliphatic carbocycles. The van der Waals surface area contributed by atoms with Crippen LogP contribution in [0.5, 0.6) is 0 Å². The number of rotatable bonds is 4. The van der Waals surface area contributed by atoms with Crippen LogP contribution in [0, 0.1) is 5.92 Å². The SMILES string of the molecule is CN=C(NCc1ccn[nH]1)NCC1CC1.I. The summed E-state index contributed by atoms with van der Waals surface area (Å²) in [4.78, 5) is 4.15. The number of nitrogens with one attached hydrogen (secondary N) is 3. The third-order valence-electron chi connectivity index (χ3n) is 2.48. The predicted octanol–water partition coefficient (Wildman–Crippen LogP) is 1.10. The van der Waals surface area contributed by atoms with Crippen molar-refractivity contribution in [1.82, 2.24) is 20.8 Å². The van der Waals surface area contributed by atoms with Gasteiger partial charge in [0.05, 0.1) is 12.2 Å². The number of halogens is 1. The Kier molecular flexibility index (Phi) is 5.58. The monoisotopic (exact) mass is 335 g/mol. The number of H-pyrrole nitrogens is 1. The standard InChI is InChI=1S/C10H17N5.HI/c1-11-10(12-6-8-2-3-8)13-7-9-4-5-14-15-9;/h4-5,8H,2-3,6-7H2,1H3,(H,14,15)(H2,11,12,13);1H. The van der Waals surface area contributed by atoms with Crippen LogP contribution in [0.3, 0.4) is 0 Å². The molecule has 0 aliphatic heterocycles. The first-order valence-corrected chi connectivity index (χ1v) is 5.31. The summed E-state index contributed by atoms with van der Waals surface area (Å²) in [5.74, 6) is 1.72. The van der Waals surface area contributed by atoms with Gasteiger partial charge in [0.15, 0.2) is 5.96 Å². The quantitative estimate of drug-likeness (QED) is 0.439. The van der Waals surface area contributed by atoms with E-state index in [0.29, 0.717) is 0 Å². The first-order chi connectivity index (χ1) is 7.38. The Labute approximate surface area is 113 Å². The second kappa shape index (κ2) is 6.72. The van der Waals surface area contributed by atoms with Crippen LogP contribution in [-0.2, 0) is 6.54 Å². The van der Waals surface area contributed by atoms with Crippen molar-refractivity contribution >= 4 is 29.9 Å². The number of hydrogen-bond donors (Lipinski definition) is 3. The van der Waals surface area contributed by atoms with E-state index in [0.717, 1.165) is 30.7 Å². The molecule has 1 aromatic heterocycles. The minimum Gasteiger partial charge on any atom is -0.356 e. The Morgan fingerprint density at radius 3 is 2.94 bits per heavy atom. The average molecular weight is 335 g/mol.